The standard InChI is InChI=1S/C25H32N6.HI/c1-26-25(27-15-14-21-18-29-31(20-21)23-12-6-3-7-13-23)28-19-24(30-16-8-9-17-30)22-10-4-2-5-11-22;/h2-7,10-13,18,20,24H,8-9,14-17,19H2,1H3,(H2,26,27,28);1H. The molecule has 1 fully saturated rings. The summed E-state index contributed by atoms with van der Waals surface area (Å²) in [6.45, 7) is 3.98. The summed E-state index contributed by atoms with van der Waals surface area (Å²) in [5, 5.41) is 11.5. The Labute approximate surface area is 208 Å². The third kappa shape index (κ3) is 6.56. The SMILES string of the molecule is CN=C(NCCc1cnn(-c2ccccc2)c1)NCC(c1ccccc1)N1CCCC1.I. The second-order valence-corrected chi connectivity index (χ2v) is 7.93. The van der Waals surface area contributed by atoms with Crippen LogP contribution in [0.3, 0.4) is 0 Å². The molecular formula is C25H33IN6. The maximum absolute atomic E-state index is 4.48. The Morgan fingerprint density at radius 1 is 1.00 bits per heavy atom. The number of aromatic nitrogens is 2. The second-order valence-electron chi connectivity index (χ2n) is 7.93. The Hall–Kier alpha value is -2.39. The smallest absolute Gasteiger partial charge is 0.191 e. The van der Waals surface area contributed by atoms with Gasteiger partial charge in [0.25, 0.3) is 0 Å². The van der Waals surface area contributed by atoms with Crippen molar-refractivity contribution in [1.82, 2.24) is 25.3 Å². The van der Waals surface area contributed by atoms with Gasteiger partial charge in [-0.2, -0.15) is 5.10 Å². The lowest BCUT2D eigenvalue weighted by Crippen LogP contribution is -2.43. The zero-order valence-electron chi connectivity index (χ0n) is 18.7. The average molecular weight is 544 g/mol. The van der Waals surface area contributed by atoms with Crippen LogP contribution in [0.15, 0.2) is 78.0 Å². The number of rotatable bonds is 8. The highest BCUT2D eigenvalue weighted by Crippen LogP contribution is 2.24. The van der Waals surface area contributed by atoms with Crippen LogP contribution in [0.5, 0.6) is 0 Å². The summed E-state index contributed by atoms with van der Waals surface area (Å²) in [7, 11) is 1.83. The first-order valence-corrected chi connectivity index (χ1v) is 11.2. The normalized spacial score (nSPS) is 15.2. The van der Waals surface area contributed by atoms with Gasteiger partial charge in [-0.15, -0.1) is 24.0 Å². The van der Waals surface area contributed by atoms with E-state index in [0.29, 0.717) is 6.04 Å². The summed E-state index contributed by atoms with van der Waals surface area (Å²) >= 11 is 0. The van der Waals surface area contributed by atoms with Crippen molar-refractivity contribution >= 4 is 29.9 Å². The van der Waals surface area contributed by atoms with Crippen molar-refractivity contribution < 1.29 is 0 Å². The molecule has 32 heavy (non-hydrogen) atoms. The van der Waals surface area contributed by atoms with Gasteiger partial charge in [-0.3, -0.25) is 9.89 Å². The van der Waals surface area contributed by atoms with Crippen molar-refractivity contribution in [1.29, 1.82) is 0 Å². The largest absolute Gasteiger partial charge is 0.356 e. The van der Waals surface area contributed by atoms with Crippen LogP contribution in [0.4, 0.5) is 0 Å². The molecule has 0 aliphatic carbocycles. The molecular weight excluding hydrogens is 511 g/mol. The van der Waals surface area contributed by atoms with E-state index in [4.69, 9.17) is 0 Å². The maximum atomic E-state index is 4.48. The molecule has 1 aliphatic rings. The molecule has 2 heterocycles. The molecule has 1 unspecified atom stereocenters. The van der Waals surface area contributed by atoms with Crippen LogP contribution in [0.1, 0.15) is 30.0 Å². The molecule has 1 saturated heterocycles. The van der Waals surface area contributed by atoms with Crippen molar-refractivity contribution in [3.05, 3.63) is 84.2 Å². The van der Waals surface area contributed by atoms with Crippen LogP contribution in [0.25, 0.3) is 5.69 Å². The molecule has 170 valence electrons. The average Bonchev–Trinajstić information content (AvgIpc) is 3.52. The fourth-order valence-corrected chi connectivity index (χ4v) is 4.14. The number of aliphatic imine (C=N–C) groups is 1. The molecule has 1 aliphatic heterocycles. The van der Waals surface area contributed by atoms with E-state index in [1.807, 2.05) is 36.1 Å². The Bertz CT molecular complexity index is 951. The minimum Gasteiger partial charge on any atom is -0.356 e. The van der Waals surface area contributed by atoms with Gasteiger partial charge in [0.05, 0.1) is 17.9 Å². The first-order valence-electron chi connectivity index (χ1n) is 11.2. The monoisotopic (exact) mass is 544 g/mol. The number of hydrogen-bond donors (Lipinski definition) is 2. The number of likely N-dealkylation sites (tertiary alicyclic amines) is 1. The van der Waals surface area contributed by atoms with E-state index in [0.717, 1.165) is 31.2 Å². The van der Waals surface area contributed by atoms with E-state index < -0.39 is 0 Å². The van der Waals surface area contributed by atoms with Crippen LogP contribution in [-0.2, 0) is 6.42 Å². The molecule has 0 spiro atoms. The molecule has 0 bridgehead atoms. The Kier molecular flexibility index (Phi) is 9.55. The minimum absolute atomic E-state index is 0. The lowest BCUT2D eigenvalue weighted by atomic mass is 10.1. The fourth-order valence-electron chi connectivity index (χ4n) is 4.14. The lowest BCUT2D eigenvalue weighted by molar-refractivity contribution is 0.245. The molecule has 4 rings (SSSR count). The topological polar surface area (TPSA) is 57.5 Å². The van der Waals surface area contributed by atoms with Crippen LogP contribution < -0.4 is 10.6 Å². The van der Waals surface area contributed by atoms with E-state index in [9.17, 15) is 0 Å². The summed E-state index contributed by atoms with van der Waals surface area (Å²) < 4.78 is 1.92. The number of nitrogens with zero attached hydrogens (tertiary/aromatic N) is 4. The molecule has 0 amide bonds. The second kappa shape index (κ2) is 12.6. The lowest BCUT2D eigenvalue weighted by Gasteiger charge is -2.29. The third-order valence-electron chi connectivity index (χ3n) is 5.82. The molecule has 6 nitrogen and oxygen atoms in total. The zero-order chi connectivity index (χ0) is 21.3. The first-order chi connectivity index (χ1) is 15.3. The number of nitrogens with one attached hydrogen (secondary N) is 2. The molecule has 3 aromatic rings. The van der Waals surface area contributed by atoms with Crippen molar-refractivity contribution in [2.24, 2.45) is 4.99 Å². The third-order valence-corrected chi connectivity index (χ3v) is 5.82. The molecule has 0 radical (unpaired) electrons. The van der Waals surface area contributed by atoms with Gasteiger partial charge in [0.2, 0.25) is 0 Å². The van der Waals surface area contributed by atoms with E-state index >= 15 is 0 Å². The van der Waals surface area contributed by atoms with Crippen LogP contribution in [0.2, 0.25) is 0 Å². The van der Waals surface area contributed by atoms with Crippen LogP contribution in [0, 0.1) is 0 Å². The minimum atomic E-state index is 0. The summed E-state index contributed by atoms with van der Waals surface area (Å²) in [5.74, 6) is 0.843. The number of benzene rings is 2. The van der Waals surface area contributed by atoms with Gasteiger partial charge in [-0.1, -0.05) is 48.5 Å². The zero-order valence-corrected chi connectivity index (χ0v) is 21.0. The molecule has 1 aromatic heterocycles. The van der Waals surface area contributed by atoms with Crippen molar-refractivity contribution in [2.75, 3.05) is 33.2 Å². The predicted molar refractivity (Wildman–Crippen MR) is 142 cm³/mol. The summed E-state index contributed by atoms with van der Waals surface area (Å²) in [6.07, 6.45) is 7.48. The fraction of sp³-hybridized carbons (Fsp3) is 0.360. The van der Waals surface area contributed by atoms with Crippen LogP contribution >= 0.6 is 24.0 Å². The highest BCUT2D eigenvalue weighted by atomic mass is 127. The molecule has 2 N–H and O–H groups in total. The summed E-state index contributed by atoms with van der Waals surface area (Å²) in [4.78, 5) is 7.00. The van der Waals surface area contributed by atoms with Crippen molar-refractivity contribution in [3.63, 3.8) is 0 Å². The predicted octanol–water partition coefficient (Wildman–Crippen LogP) is 4.03. The Morgan fingerprint density at radius 2 is 1.69 bits per heavy atom. The van der Waals surface area contributed by atoms with Gasteiger partial charge >= 0.3 is 0 Å². The van der Waals surface area contributed by atoms with Gasteiger partial charge < -0.3 is 10.6 Å². The summed E-state index contributed by atoms with van der Waals surface area (Å²) in [6, 6.07) is 21.3. The van der Waals surface area contributed by atoms with E-state index in [2.05, 4.69) is 74.3 Å². The van der Waals surface area contributed by atoms with E-state index in [1.165, 1.54) is 37.1 Å². The van der Waals surface area contributed by atoms with Crippen molar-refractivity contribution in [3.8, 4) is 5.69 Å². The van der Waals surface area contributed by atoms with Crippen molar-refractivity contribution in [2.45, 2.75) is 25.3 Å². The van der Waals surface area contributed by atoms with Gasteiger partial charge in [0.1, 0.15) is 0 Å². The molecule has 0 saturated carbocycles. The van der Waals surface area contributed by atoms with E-state index in [1.54, 1.807) is 0 Å². The molecule has 2 aromatic carbocycles. The number of halogens is 1. The highest BCUT2D eigenvalue weighted by Gasteiger charge is 2.23. The van der Waals surface area contributed by atoms with Gasteiger partial charge in [0, 0.05) is 26.3 Å². The first kappa shape index (κ1) is 24.3. The Morgan fingerprint density at radius 3 is 2.38 bits per heavy atom. The quantitative estimate of drug-likeness (QED) is 0.256. The van der Waals surface area contributed by atoms with E-state index in [-0.39, 0.29) is 24.0 Å². The molecule has 7 heteroatoms. The van der Waals surface area contributed by atoms with Crippen LogP contribution in [-0.4, -0.2) is 53.9 Å². The van der Waals surface area contributed by atoms with Gasteiger partial charge in [-0.25, -0.2) is 4.68 Å². The summed E-state index contributed by atoms with van der Waals surface area (Å²) in [5.41, 5.74) is 3.64. The van der Waals surface area contributed by atoms with Gasteiger partial charge in [-0.05, 0) is 55.6 Å². The maximum Gasteiger partial charge on any atom is 0.191 e. The highest BCUT2D eigenvalue weighted by molar-refractivity contribution is 14.0. The number of para-hydroxylation sites is 1. The molecule has 1 atom stereocenters. The Balaban J connectivity index is 0.00000289. The number of hydrogen-bond acceptors (Lipinski definition) is 3. The number of guanidine groups is 1. The van der Waals surface area contributed by atoms with Gasteiger partial charge in [0.15, 0.2) is 5.96 Å².